The predicted molar refractivity (Wildman–Crippen MR) is 75.1 cm³/mol. The van der Waals surface area contributed by atoms with Gasteiger partial charge in [-0.25, -0.2) is 4.39 Å². The molecule has 4 N–H and O–H groups in total. The first-order chi connectivity index (χ1) is 9.60. The van der Waals surface area contributed by atoms with Gasteiger partial charge >= 0.3 is 0 Å². The van der Waals surface area contributed by atoms with Crippen molar-refractivity contribution in [3.05, 3.63) is 35.4 Å². The van der Waals surface area contributed by atoms with Crippen molar-refractivity contribution in [1.82, 2.24) is 10.6 Å². The fraction of sp³-hybridized carbons (Fsp3) is 0.533. The predicted octanol–water partition coefficient (Wildman–Crippen LogP) is 0.922. The summed E-state index contributed by atoms with van der Waals surface area (Å²) in [5.41, 5.74) is 5.36. The van der Waals surface area contributed by atoms with Gasteiger partial charge in [0.15, 0.2) is 5.67 Å². The molecule has 2 aliphatic rings. The van der Waals surface area contributed by atoms with Gasteiger partial charge in [0, 0.05) is 24.7 Å². The Morgan fingerprint density at radius 3 is 2.80 bits per heavy atom. The lowest BCUT2D eigenvalue weighted by Crippen LogP contribution is -2.53. The number of carbonyl (C=O) groups excluding carboxylic acids is 1. The molecule has 3 rings (SSSR count). The van der Waals surface area contributed by atoms with Crippen LogP contribution in [0.2, 0.25) is 0 Å². The highest BCUT2D eigenvalue weighted by molar-refractivity contribution is 5.94. The fourth-order valence-electron chi connectivity index (χ4n) is 2.80. The van der Waals surface area contributed by atoms with Crippen LogP contribution in [-0.4, -0.2) is 31.6 Å². The van der Waals surface area contributed by atoms with E-state index >= 15 is 0 Å². The first kappa shape index (κ1) is 13.5. The Bertz CT molecular complexity index is 510. The highest BCUT2D eigenvalue weighted by Gasteiger charge is 2.39. The van der Waals surface area contributed by atoms with Crippen molar-refractivity contribution in [1.29, 1.82) is 0 Å². The Kier molecular flexibility index (Phi) is 3.48. The van der Waals surface area contributed by atoms with E-state index in [1.165, 1.54) is 0 Å². The molecule has 0 spiro atoms. The van der Waals surface area contributed by atoms with Crippen molar-refractivity contribution in [3.63, 3.8) is 0 Å². The van der Waals surface area contributed by atoms with Crippen LogP contribution in [0.4, 0.5) is 4.39 Å². The number of nitrogens with two attached hydrogens (primary N) is 1. The van der Waals surface area contributed by atoms with Gasteiger partial charge in [0.2, 0.25) is 0 Å². The van der Waals surface area contributed by atoms with Crippen LogP contribution in [-0.2, 0) is 5.67 Å². The minimum absolute atomic E-state index is 0.122. The average molecular weight is 277 g/mol. The first-order valence-corrected chi connectivity index (χ1v) is 7.12. The Morgan fingerprint density at radius 1 is 1.45 bits per heavy atom. The van der Waals surface area contributed by atoms with E-state index in [0.29, 0.717) is 36.7 Å². The first-order valence-electron chi connectivity index (χ1n) is 7.12. The summed E-state index contributed by atoms with van der Waals surface area (Å²) >= 11 is 0. The molecule has 0 bridgehead atoms. The molecular weight excluding hydrogens is 257 g/mol. The van der Waals surface area contributed by atoms with Crippen LogP contribution in [0, 0.1) is 5.92 Å². The number of hydrogen-bond acceptors (Lipinski definition) is 3. The maximum Gasteiger partial charge on any atom is 0.251 e. The SMILES string of the molecule is NCC1CC(NC(=O)c2cccc(C3(F)CNC3)c2)C1. The van der Waals surface area contributed by atoms with E-state index in [1.807, 2.05) is 0 Å². The lowest BCUT2D eigenvalue weighted by atomic mass is 9.80. The minimum Gasteiger partial charge on any atom is -0.349 e. The Labute approximate surface area is 117 Å². The van der Waals surface area contributed by atoms with Crippen molar-refractivity contribution in [2.45, 2.75) is 24.6 Å². The lowest BCUT2D eigenvalue weighted by Gasteiger charge is -2.36. The van der Waals surface area contributed by atoms with Gasteiger partial charge in [-0.2, -0.15) is 0 Å². The second-order valence-corrected chi connectivity index (χ2v) is 5.89. The van der Waals surface area contributed by atoms with Crippen LogP contribution in [0.15, 0.2) is 24.3 Å². The summed E-state index contributed by atoms with van der Waals surface area (Å²) in [4.78, 5) is 12.1. The minimum atomic E-state index is -1.32. The van der Waals surface area contributed by atoms with Gasteiger partial charge in [-0.1, -0.05) is 12.1 Å². The quantitative estimate of drug-likeness (QED) is 0.767. The summed E-state index contributed by atoms with van der Waals surface area (Å²) in [5.74, 6) is 0.407. The molecule has 1 saturated carbocycles. The Balaban J connectivity index is 1.65. The van der Waals surface area contributed by atoms with Crippen molar-refractivity contribution in [3.8, 4) is 0 Å². The van der Waals surface area contributed by atoms with E-state index in [2.05, 4.69) is 10.6 Å². The monoisotopic (exact) mass is 277 g/mol. The normalized spacial score (nSPS) is 27.3. The van der Waals surface area contributed by atoms with Crippen LogP contribution in [0.3, 0.4) is 0 Å². The number of alkyl halides is 1. The summed E-state index contributed by atoms with van der Waals surface area (Å²) in [6.45, 7) is 1.32. The lowest BCUT2D eigenvalue weighted by molar-refractivity contribution is 0.0871. The number of carbonyl (C=O) groups is 1. The number of nitrogens with one attached hydrogen (secondary N) is 2. The van der Waals surface area contributed by atoms with Crippen LogP contribution in [0.25, 0.3) is 0 Å². The molecular formula is C15H20FN3O. The highest BCUT2D eigenvalue weighted by atomic mass is 19.1. The number of amides is 1. The topological polar surface area (TPSA) is 67.1 Å². The Morgan fingerprint density at radius 2 is 2.20 bits per heavy atom. The molecule has 1 amide bonds. The average Bonchev–Trinajstić information content (AvgIpc) is 2.39. The molecule has 0 radical (unpaired) electrons. The molecule has 108 valence electrons. The number of rotatable bonds is 4. The zero-order valence-electron chi connectivity index (χ0n) is 11.4. The smallest absolute Gasteiger partial charge is 0.251 e. The van der Waals surface area contributed by atoms with Crippen molar-refractivity contribution < 1.29 is 9.18 Å². The zero-order chi connectivity index (χ0) is 14.2. The molecule has 5 heteroatoms. The standard InChI is InChI=1S/C15H20FN3O/c16-15(8-18-9-15)12-3-1-2-11(6-12)14(20)19-13-4-10(5-13)7-17/h1-3,6,10,13,18H,4-5,7-9,17H2,(H,19,20). The summed E-state index contributed by atoms with van der Waals surface area (Å²) in [5, 5.41) is 5.90. The third-order valence-electron chi connectivity index (χ3n) is 4.36. The third-order valence-corrected chi connectivity index (χ3v) is 4.36. The van der Waals surface area contributed by atoms with E-state index in [0.717, 1.165) is 12.8 Å². The van der Waals surface area contributed by atoms with Gasteiger partial charge in [0.1, 0.15) is 0 Å². The molecule has 1 aromatic carbocycles. The highest BCUT2D eigenvalue weighted by Crippen LogP contribution is 2.31. The molecule has 1 heterocycles. The molecule has 1 aliphatic heterocycles. The number of halogens is 1. The van der Waals surface area contributed by atoms with Gasteiger partial charge in [0.05, 0.1) is 0 Å². The van der Waals surface area contributed by atoms with Crippen molar-refractivity contribution in [2.24, 2.45) is 11.7 Å². The molecule has 0 unspecified atom stereocenters. The fourth-order valence-corrected chi connectivity index (χ4v) is 2.80. The summed E-state index contributed by atoms with van der Waals surface area (Å²) in [6.07, 6.45) is 1.89. The van der Waals surface area contributed by atoms with Gasteiger partial charge in [-0.3, -0.25) is 4.79 Å². The molecule has 1 aliphatic carbocycles. The molecule has 2 fully saturated rings. The maximum absolute atomic E-state index is 14.3. The second-order valence-electron chi connectivity index (χ2n) is 5.89. The van der Waals surface area contributed by atoms with Crippen LogP contribution >= 0.6 is 0 Å². The molecule has 1 saturated heterocycles. The van der Waals surface area contributed by atoms with E-state index in [9.17, 15) is 9.18 Å². The molecule has 20 heavy (non-hydrogen) atoms. The number of hydrogen-bond donors (Lipinski definition) is 3. The molecule has 0 aromatic heterocycles. The molecule has 1 aromatic rings. The largest absolute Gasteiger partial charge is 0.349 e. The van der Waals surface area contributed by atoms with E-state index in [-0.39, 0.29) is 11.9 Å². The zero-order valence-corrected chi connectivity index (χ0v) is 11.4. The van der Waals surface area contributed by atoms with Gasteiger partial charge in [0.25, 0.3) is 5.91 Å². The van der Waals surface area contributed by atoms with Gasteiger partial charge in [-0.15, -0.1) is 0 Å². The summed E-state index contributed by atoms with van der Waals surface area (Å²) in [6, 6.07) is 7.09. The summed E-state index contributed by atoms with van der Waals surface area (Å²) < 4.78 is 14.3. The van der Waals surface area contributed by atoms with Crippen molar-refractivity contribution in [2.75, 3.05) is 19.6 Å². The Hall–Kier alpha value is -1.46. The molecule has 0 atom stereocenters. The van der Waals surface area contributed by atoms with Crippen LogP contribution < -0.4 is 16.4 Å². The summed E-state index contributed by atoms with van der Waals surface area (Å²) in [7, 11) is 0. The van der Waals surface area contributed by atoms with Gasteiger partial charge < -0.3 is 16.4 Å². The van der Waals surface area contributed by atoms with E-state index < -0.39 is 5.67 Å². The van der Waals surface area contributed by atoms with E-state index in [4.69, 9.17) is 5.73 Å². The maximum atomic E-state index is 14.3. The number of benzene rings is 1. The van der Waals surface area contributed by atoms with Gasteiger partial charge in [-0.05, 0) is 43.0 Å². The molecule has 4 nitrogen and oxygen atoms in total. The van der Waals surface area contributed by atoms with Crippen LogP contribution in [0.5, 0.6) is 0 Å². The van der Waals surface area contributed by atoms with Crippen LogP contribution in [0.1, 0.15) is 28.8 Å². The van der Waals surface area contributed by atoms with Crippen molar-refractivity contribution >= 4 is 5.91 Å². The van der Waals surface area contributed by atoms with E-state index in [1.54, 1.807) is 24.3 Å². The second kappa shape index (κ2) is 5.14. The third kappa shape index (κ3) is 2.43.